The van der Waals surface area contributed by atoms with Gasteiger partial charge in [0.05, 0.1) is 0 Å². The number of hydrogen-bond donors (Lipinski definition) is 2. The van der Waals surface area contributed by atoms with E-state index in [9.17, 15) is 4.79 Å². The fraction of sp³-hybridized carbons (Fsp3) is 0.833. The molecule has 0 heterocycles. The molecule has 0 unspecified atom stereocenters. The molecule has 0 atom stereocenters. The van der Waals surface area contributed by atoms with Crippen LogP contribution in [0.5, 0.6) is 0 Å². The second-order valence-electron chi connectivity index (χ2n) is 2.34. The molecule has 0 spiro atoms. The number of hydrogen-bond acceptors (Lipinski definition) is 4. The summed E-state index contributed by atoms with van der Waals surface area (Å²) < 4.78 is 15.4. The van der Waals surface area contributed by atoms with Crippen molar-refractivity contribution in [3.05, 3.63) is 0 Å². The molecule has 2 amide bonds. The van der Waals surface area contributed by atoms with E-state index in [4.69, 9.17) is 19.0 Å². The summed E-state index contributed by atoms with van der Waals surface area (Å²) in [7, 11) is 2.00. The van der Waals surface area contributed by atoms with Crippen LogP contribution in [0, 0.1) is 0 Å². The molecule has 0 aromatic heterocycles. The van der Waals surface area contributed by atoms with E-state index in [0.29, 0.717) is 12.6 Å². The minimum atomic E-state index is -2.55. The summed E-state index contributed by atoms with van der Waals surface area (Å²) in [5, 5.41) is 2.44. The topological polar surface area (TPSA) is 82.8 Å². The Morgan fingerprint density at radius 3 is 2.08 bits per heavy atom. The normalized spacial score (nSPS) is 11.3. The van der Waals surface area contributed by atoms with Crippen molar-refractivity contribution in [1.29, 1.82) is 0 Å². The Morgan fingerprint density at radius 1 is 1.31 bits per heavy atom. The van der Waals surface area contributed by atoms with Crippen molar-refractivity contribution in [2.24, 2.45) is 5.73 Å². The van der Waals surface area contributed by atoms with Gasteiger partial charge in [0.1, 0.15) is 0 Å². The summed E-state index contributed by atoms with van der Waals surface area (Å²) in [6, 6.07) is -0.0643. The van der Waals surface area contributed by atoms with Gasteiger partial charge in [-0.15, -0.1) is 0 Å². The number of carbonyl (C=O) groups excluding carboxylic acids is 1. The molecule has 0 fully saturated rings. The van der Waals surface area contributed by atoms with E-state index < -0.39 is 14.8 Å². The molecular formula is C6H16N2O4Si. The highest BCUT2D eigenvalue weighted by atomic mass is 28.4. The molecule has 3 N–H and O–H groups in total. The highest BCUT2D eigenvalue weighted by molar-refractivity contribution is 6.60. The Labute approximate surface area is 78.7 Å². The average Bonchev–Trinajstić information content (AvgIpc) is 2.13. The Hall–Kier alpha value is -0.633. The molecule has 13 heavy (non-hydrogen) atoms. The molecule has 0 aliphatic rings. The second-order valence-corrected chi connectivity index (χ2v) is 5.43. The SMILES string of the molecule is CO[Si](CCNC(N)=O)(OC)OC. The lowest BCUT2D eigenvalue weighted by Gasteiger charge is -2.23. The van der Waals surface area contributed by atoms with Gasteiger partial charge < -0.3 is 24.3 Å². The molecule has 0 saturated carbocycles. The smallest absolute Gasteiger partial charge is 0.377 e. The van der Waals surface area contributed by atoms with E-state index in [1.165, 1.54) is 21.3 Å². The van der Waals surface area contributed by atoms with Crippen LogP contribution in [0.25, 0.3) is 0 Å². The first kappa shape index (κ1) is 12.4. The quantitative estimate of drug-likeness (QED) is 0.578. The van der Waals surface area contributed by atoms with E-state index in [-0.39, 0.29) is 0 Å². The number of primary amides is 1. The lowest BCUT2D eigenvalue weighted by Crippen LogP contribution is -2.46. The minimum Gasteiger partial charge on any atom is -0.377 e. The Kier molecular flexibility index (Phi) is 5.63. The monoisotopic (exact) mass is 208 g/mol. The molecule has 0 radical (unpaired) electrons. The van der Waals surface area contributed by atoms with Gasteiger partial charge in [0, 0.05) is 33.9 Å². The molecule has 0 aliphatic heterocycles. The molecule has 0 aliphatic carbocycles. The standard InChI is InChI=1S/C6H16N2O4Si/c1-10-13(11-2,12-3)5-4-8-6(7)9/h4-5H2,1-3H3,(H3,7,8,9). The van der Waals surface area contributed by atoms with Crippen molar-refractivity contribution in [3.8, 4) is 0 Å². The molecule has 7 heteroatoms. The van der Waals surface area contributed by atoms with E-state index in [1.807, 2.05) is 0 Å². The van der Waals surface area contributed by atoms with Crippen molar-refractivity contribution < 1.29 is 18.1 Å². The lowest BCUT2D eigenvalue weighted by atomic mass is 10.7. The predicted octanol–water partition coefficient (Wildman–Crippen LogP) is -0.467. The van der Waals surface area contributed by atoms with Crippen LogP contribution in [0.4, 0.5) is 4.79 Å². The van der Waals surface area contributed by atoms with Crippen molar-refractivity contribution >= 4 is 14.8 Å². The highest BCUT2D eigenvalue weighted by Crippen LogP contribution is 2.10. The number of amides is 2. The maximum absolute atomic E-state index is 10.4. The minimum absolute atomic E-state index is 0.386. The van der Waals surface area contributed by atoms with Gasteiger partial charge in [0.2, 0.25) is 0 Å². The fourth-order valence-corrected chi connectivity index (χ4v) is 2.44. The summed E-state index contributed by atoms with van der Waals surface area (Å²) >= 11 is 0. The van der Waals surface area contributed by atoms with Crippen molar-refractivity contribution in [3.63, 3.8) is 0 Å². The van der Waals surface area contributed by atoms with Crippen LogP contribution in [0.15, 0.2) is 0 Å². The third-order valence-corrected chi connectivity index (χ3v) is 4.39. The van der Waals surface area contributed by atoms with Gasteiger partial charge in [-0.3, -0.25) is 0 Å². The van der Waals surface area contributed by atoms with E-state index in [1.54, 1.807) is 0 Å². The van der Waals surface area contributed by atoms with Crippen molar-refractivity contribution in [2.75, 3.05) is 27.9 Å². The maximum Gasteiger partial charge on any atom is 0.501 e. The Bertz CT molecular complexity index is 154. The summed E-state index contributed by atoms with van der Waals surface area (Å²) in [5.74, 6) is 0. The third-order valence-electron chi connectivity index (χ3n) is 1.66. The van der Waals surface area contributed by atoms with Gasteiger partial charge in [-0.05, 0) is 0 Å². The summed E-state index contributed by atoms with van der Waals surface area (Å²) in [4.78, 5) is 10.4. The highest BCUT2D eigenvalue weighted by Gasteiger charge is 2.37. The first-order valence-electron chi connectivity index (χ1n) is 3.79. The number of carbonyl (C=O) groups is 1. The van der Waals surface area contributed by atoms with Gasteiger partial charge >= 0.3 is 14.8 Å². The molecule has 0 rings (SSSR count). The van der Waals surface area contributed by atoms with Crippen LogP contribution >= 0.6 is 0 Å². The molecule has 0 saturated heterocycles. The number of nitrogens with two attached hydrogens (primary N) is 1. The summed E-state index contributed by atoms with van der Waals surface area (Å²) in [5.41, 5.74) is 4.89. The van der Waals surface area contributed by atoms with Crippen molar-refractivity contribution in [2.45, 2.75) is 6.04 Å². The van der Waals surface area contributed by atoms with Gasteiger partial charge in [0.15, 0.2) is 0 Å². The zero-order chi connectivity index (χ0) is 10.3. The van der Waals surface area contributed by atoms with E-state index >= 15 is 0 Å². The summed E-state index contributed by atoms with van der Waals surface area (Å²) in [6.07, 6.45) is 0. The first-order chi connectivity index (χ1) is 6.10. The lowest BCUT2D eigenvalue weighted by molar-refractivity contribution is 0.124. The molecule has 0 aromatic carbocycles. The first-order valence-corrected chi connectivity index (χ1v) is 5.72. The molecule has 78 valence electrons. The second kappa shape index (κ2) is 5.92. The Balaban J connectivity index is 3.88. The van der Waals surface area contributed by atoms with E-state index in [2.05, 4.69) is 5.32 Å². The number of rotatable bonds is 6. The maximum atomic E-state index is 10.4. The number of urea groups is 1. The molecule has 0 aromatic rings. The van der Waals surface area contributed by atoms with Crippen LogP contribution in [0.1, 0.15) is 0 Å². The summed E-state index contributed by atoms with van der Waals surface area (Å²) in [6.45, 7) is 0.386. The van der Waals surface area contributed by atoms with Crippen LogP contribution in [-0.2, 0) is 13.3 Å². The van der Waals surface area contributed by atoms with E-state index in [0.717, 1.165) is 0 Å². The molecular weight excluding hydrogens is 192 g/mol. The zero-order valence-electron chi connectivity index (χ0n) is 8.12. The zero-order valence-corrected chi connectivity index (χ0v) is 9.12. The Morgan fingerprint density at radius 2 is 1.77 bits per heavy atom. The van der Waals surface area contributed by atoms with Gasteiger partial charge in [-0.1, -0.05) is 0 Å². The van der Waals surface area contributed by atoms with Crippen molar-refractivity contribution in [1.82, 2.24) is 5.32 Å². The number of nitrogens with one attached hydrogen (secondary N) is 1. The van der Waals surface area contributed by atoms with Crippen LogP contribution in [-0.4, -0.2) is 42.7 Å². The fourth-order valence-electron chi connectivity index (χ4n) is 0.895. The molecule has 0 bridgehead atoms. The van der Waals surface area contributed by atoms with Crippen LogP contribution in [0.2, 0.25) is 6.04 Å². The van der Waals surface area contributed by atoms with Gasteiger partial charge in [-0.2, -0.15) is 0 Å². The predicted molar refractivity (Wildman–Crippen MR) is 49.2 cm³/mol. The van der Waals surface area contributed by atoms with Gasteiger partial charge in [-0.25, -0.2) is 4.79 Å². The largest absolute Gasteiger partial charge is 0.501 e. The molecule has 6 nitrogen and oxygen atoms in total. The van der Waals surface area contributed by atoms with Crippen LogP contribution < -0.4 is 11.1 Å². The average molecular weight is 208 g/mol. The van der Waals surface area contributed by atoms with Gasteiger partial charge in [0.25, 0.3) is 0 Å². The van der Waals surface area contributed by atoms with Crippen LogP contribution in [0.3, 0.4) is 0 Å². The third kappa shape index (κ3) is 4.22.